The second kappa shape index (κ2) is 7.55. The van der Waals surface area contributed by atoms with Gasteiger partial charge in [0.05, 0.1) is 13.2 Å². The second-order valence-corrected chi connectivity index (χ2v) is 6.05. The lowest BCUT2D eigenvalue weighted by Crippen LogP contribution is -2.33. The van der Waals surface area contributed by atoms with Crippen molar-refractivity contribution in [3.8, 4) is 5.75 Å². The molecule has 1 saturated heterocycles. The van der Waals surface area contributed by atoms with Crippen molar-refractivity contribution in [1.82, 2.24) is 9.78 Å². The molecule has 0 bridgehead atoms. The van der Waals surface area contributed by atoms with Gasteiger partial charge >= 0.3 is 5.97 Å². The molecule has 8 heteroatoms. The minimum atomic E-state index is -0.884. The van der Waals surface area contributed by atoms with Gasteiger partial charge in [0.1, 0.15) is 5.82 Å². The molecule has 0 atom stereocenters. The van der Waals surface area contributed by atoms with E-state index < -0.39 is 22.8 Å². The number of hydrogen-bond donors (Lipinski definition) is 1. The summed E-state index contributed by atoms with van der Waals surface area (Å²) in [7, 11) is 0. The number of anilines is 1. The molecule has 0 saturated carbocycles. The Morgan fingerprint density at radius 1 is 1.27 bits per heavy atom. The lowest BCUT2D eigenvalue weighted by atomic mass is 10.2. The number of benzene rings is 1. The number of esters is 1. The molecule has 1 aliphatic rings. The normalized spacial score (nSPS) is 13.8. The highest BCUT2D eigenvalue weighted by Gasteiger charge is 2.28. The summed E-state index contributed by atoms with van der Waals surface area (Å²) in [6.45, 7) is 3.10. The molecule has 1 aromatic heterocycles. The Labute approximate surface area is 149 Å². The number of carbonyl (C=O) groups excluding carboxylic acids is 1. The lowest BCUT2D eigenvalue weighted by molar-refractivity contribution is 0.0519. The van der Waals surface area contributed by atoms with Crippen LogP contribution in [0.25, 0.3) is 0 Å². The largest absolute Gasteiger partial charge is 0.503 e. The average molecular weight is 361 g/mol. The van der Waals surface area contributed by atoms with Gasteiger partial charge < -0.3 is 14.7 Å². The van der Waals surface area contributed by atoms with Gasteiger partial charge in [0, 0.05) is 13.1 Å². The van der Waals surface area contributed by atoms with E-state index in [1.165, 1.54) is 24.3 Å². The molecule has 1 fully saturated rings. The minimum absolute atomic E-state index is 0.0483. The highest BCUT2D eigenvalue weighted by molar-refractivity contribution is 5.93. The number of nitrogens with zero attached hydrogens (tertiary/aromatic N) is 3. The Morgan fingerprint density at radius 2 is 1.92 bits per heavy atom. The van der Waals surface area contributed by atoms with Crippen molar-refractivity contribution in [1.29, 1.82) is 0 Å². The molecule has 138 valence electrons. The Bertz CT molecular complexity index is 858. The number of aromatic hydroxyl groups is 1. The fourth-order valence-corrected chi connectivity index (χ4v) is 2.95. The van der Waals surface area contributed by atoms with Gasteiger partial charge in [0.25, 0.3) is 5.56 Å². The summed E-state index contributed by atoms with van der Waals surface area (Å²) in [5.74, 6) is -1.53. The van der Waals surface area contributed by atoms with Gasteiger partial charge in [-0.3, -0.25) is 4.79 Å². The van der Waals surface area contributed by atoms with Crippen LogP contribution in [-0.4, -0.2) is 40.6 Å². The molecule has 2 heterocycles. The lowest BCUT2D eigenvalue weighted by Gasteiger charge is -2.20. The summed E-state index contributed by atoms with van der Waals surface area (Å²) in [6, 6.07) is 5.65. The molecular formula is C18H20FN3O4. The number of ether oxygens (including phenoxy) is 1. The predicted molar refractivity (Wildman–Crippen MR) is 93.1 cm³/mol. The number of hydrogen-bond acceptors (Lipinski definition) is 6. The van der Waals surface area contributed by atoms with Crippen molar-refractivity contribution in [3.05, 3.63) is 51.6 Å². The van der Waals surface area contributed by atoms with Crippen LogP contribution < -0.4 is 10.5 Å². The molecule has 26 heavy (non-hydrogen) atoms. The Kier molecular flexibility index (Phi) is 5.20. The molecule has 1 aliphatic heterocycles. The average Bonchev–Trinajstić information content (AvgIpc) is 3.14. The van der Waals surface area contributed by atoms with Crippen molar-refractivity contribution >= 4 is 11.8 Å². The summed E-state index contributed by atoms with van der Waals surface area (Å²) < 4.78 is 19.1. The third-order valence-corrected chi connectivity index (χ3v) is 4.24. The molecule has 0 unspecified atom stereocenters. The van der Waals surface area contributed by atoms with Crippen molar-refractivity contribution < 1.29 is 19.0 Å². The first-order chi connectivity index (χ1) is 12.5. The standard InChI is InChI=1S/C18H20FN3O4/c1-2-26-18(25)14-15(23)16(21-9-3-4-10-21)20-22(17(14)24)11-12-5-7-13(19)8-6-12/h5-8,23H,2-4,9-11H2,1H3. The van der Waals surface area contributed by atoms with Gasteiger partial charge in [-0.1, -0.05) is 12.1 Å². The SMILES string of the molecule is CCOC(=O)c1c(O)c(N2CCCC2)nn(Cc2ccc(F)cc2)c1=O. The maximum absolute atomic E-state index is 13.1. The van der Waals surface area contributed by atoms with Crippen LogP contribution in [0.15, 0.2) is 29.1 Å². The van der Waals surface area contributed by atoms with Crippen molar-refractivity contribution in [3.63, 3.8) is 0 Å². The minimum Gasteiger partial charge on any atom is -0.503 e. The monoisotopic (exact) mass is 361 g/mol. The quantitative estimate of drug-likeness (QED) is 0.819. The van der Waals surface area contributed by atoms with E-state index in [-0.39, 0.29) is 24.8 Å². The van der Waals surface area contributed by atoms with Crippen LogP contribution in [0.3, 0.4) is 0 Å². The summed E-state index contributed by atoms with van der Waals surface area (Å²) in [5, 5.41) is 14.7. The fraction of sp³-hybridized carbons (Fsp3) is 0.389. The van der Waals surface area contributed by atoms with Gasteiger partial charge in [-0.15, -0.1) is 5.10 Å². The van der Waals surface area contributed by atoms with Crippen LogP contribution in [0.1, 0.15) is 35.7 Å². The zero-order valence-corrected chi connectivity index (χ0v) is 14.4. The molecule has 1 N–H and O–H groups in total. The molecule has 1 aromatic carbocycles. The Balaban J connectivity index is 2.08. The molecule has 2 aromatic rings. The zero-order valence-electron chi connectivity index (χ0n) is 14.4. The summed E-state index contributed by atoms with van der Waals surface area (Å²) in [4.78, 5) is 26.7. The number of halogens is 1. The summed E-state index contributed by atoms with van der Waals surface area (Å²) >= 11 is 0. The van der Waals surface area contributed by atoms with Crippen molar-refractivity contribution in [2.24, 2.45) is 0 Å². The van der Waals surface area contributed by atoms with Gasteiger partial charge in [-0.25, -0.2) is 13.9 Å². The van der Waals surface area contributed by atoms with Gasteiger partial charge in [0.2, 0.25) is 0 Å². The van der Waals surface area contributed by atoms with E-state index in [4.69, 9.17) is 4.74 Å². The van der Waals surface area contributed by atoms with Crippen LogP contribution >= 0.6 is 0 Å². The van der Waals surface area contributed by atoms with Crippen LogP contribution in [0.2, 0.25) is 0 Å². The van der Waals surface area contributed by atoms with Crippen LogP contribution in [0, 0.1) is 5.82 Å². The fourth-order valence-electron chi connectivity index (χ4n) is 2.95. The number of carbonyl (C=O) groups is 1. The molecule has 0 spiro atoms. The molecule has 0 amide bonds. The first kappa shape index (κ1) is 17.9. The van der Waals surface area contributed by atoms with E-state index in [9.17, 15) is 19.1 Å². The van der Waals surface area contributed by atoms with E-state index in [0.29, 0.717) is 18.7 Å². The highest BCUT2D eigenvalue weighted by Crippen LogP contribution is 2.29. The summed E-state index contributed by atoms with van der Waals surface area (Å²) in [6.07, 6.45) is 1.87. The smallest absolute Gasteiger partial charge is 0.347 e. The van der Waals surface area contributed by atoms with Crippen LogP contribution in [-0.2, 0) is 11.3 Å². The van der Waals surface area contributed by atoms with E-state index >= 15 is 0 Å². The van der Waals surface area contributed by atoms with Gasteiger partial charge in [-0.05, 0) is 37.5 Å². The van der Waals surface area contributed by atoms with Crippen molar-refractivity contribution in [2.45, 2.75) is 26.3 Å². The highest BCUT2D eigenvalue weighted by atomic mass is 19.1. The van der Waals surface area contributed by atoms with Gasteiger partial charge in [0.15, 0.2) is 17.1 Å². The molecular weight excluding hydrogens is 341 g/mol. The van der Waals surface area contributed by atoms with Crippen LogP contribution in [0.4, 0.5) is 10.2 Å². The molecule has 3 rings (SSSR count). The zero-order chi connectivity index (χ0) is 18.7. The second-order valence-electron chi connectivity index (χ2n) is 6.05. The predicted octanol–water partition coefficient (Wildman–Crippen LogP) is 1.91. The molecule has 7 nitrogen and oxygen atoms in total. The molecule has 0 aliphatic carbocycles. The number of rotatable bonds is 5. The van der Waals surface area contributed by atoms with Crippen LogP contribution in [0.5, 0.6) is 5.75 Å². The summed E-state index contributed by atoms with van der Waals surface area (Å²) in [5.41, 5.74) is -0.520. The van der Waals surface area contributed by atoms with Gasteiger partial charge in [-0.2, -0.15) is 0 Å². The topological polar surface area (TPSA) is 84.7 Å². The molecule has 0 radical (unpaired) electrons. The third-order valence-electron chi connectivity index (χ3n) is 4.24. The number of aromatic nitrogens is 2. The van der Waals surface area contributed by atoms with E-state index in [1.807, 2.05) is 4.90 Å². The maximum Gasteiger partial charge on any atom is 0.347 e. The van der Waals surface area contributed by atoms with E-state index in [1.54, 1.807) is 6.92 Å². The third kappa shape index (κ3) is 3.54. The van der Waals surface area contributed by atoms with Crippen molar-refractivity contribution in [2.75, 3.05) is 24.6 Å². The van der Waals surface area contributed by atoms with E-state index in [0.717, 1.165) is 17.5 Å². The van der Waals surface area contributed by atoms with E-state index in [2.05, 4.69) is 5.10 Å². The maximum atomic E-state index is 13.1. The Morgan fingerprint density at radius 3 is 2.54 bits per heavy atom. The Hall–Kier alpha value is -2.90. The first-order valence-corrected chi connectivity index (χ1v) is 8.52. The first-order valence-electron chi connectivity index (χ1n) is 8.52.